The fourth-order valence-corrected chi connectivity index (χ4v) is 4.73. The van der Waals surface area contributed by atoms with Crippen LogP contribution in [0, 0.1) is 6.92 Å². The monoisotopic (exact) mass is 485 g/mol. The molecule has 178 valence electrons. The van der Waals surface area contributed by atoms with Gasteiger partial charge in [0.1, 0.15) is 0 Å². The Labute approximate surface area is 210 Å². The predicted octanol–water partition coefficient (Wildman–Crippen LogP) is 4.81. The maximum absolute atomic E-state index is 13.2. The van der Waals surface area contributed by atoms with Crippen molar-refractivity contribution in [3.63, 3.8) is 0 Å². The second kappa shape index (κ2) is 10.4. The number of halogens is 1. The van der Waals surface area contributed by atoms with Crippen LogP contribution in [-0.4, -0.2) is 60.0 Å². The zero-order valence-corrected chi connectivity index (χ0v) is 20.5. The molecule has 6 nitrogen and oxygen atoms in total. The highest BCUT2D eigenvalue weighted by atomic mass is 35.5. The van der Waals surface area contributed by atoms with E-state index in [2.05, 4.69) is 33.1 Å². The van der Waals surface area contributed by atoms with E-state index in [0.29, 0.717) is 17.8 Å². The van der Waals surface area contributed by atoms with Crippen LogP contribution in [0.1, 0.15) is 15.9 Å². The molecule has 0 radical (unpaired) electrons. The zero-order valence-electron chi connectivity index (χ0n) is 19.7. The minimum absolute atomic E-state index is 0.0889. The summed E-state index contributed by atoms with van der Waals surface area (Å²) in [4.78, 5) is 27.1. The molecular weight excluding hydrogens is 458 g/mol. The summed E-state index contributed by atoms with van der Waals surface area (Å²) >= 11 is 6.21. The Morgan fingerprint density at radius 3 is 2.57 bits per heavy atom. The number of aryl methyl sites for hydroxylation is 1. The number of hydrogen-bond donors (Lipinski definition) is 1. The number of benzene rings is 2. The molecule has 3 heterocycles. The first-order valence-corrected chi connectivity index (χ1v) is 12.3. The summed E-state index contributed by atoms with van der Waals surface area (Å²) in [5.41, 5.74) is 5.30. The van der Waals surface area contributed by atoms with Gasteiger partial charge in [-0.2, -0.15) is 0 Å². The van der Waals surface area contributed by atoms with Gasteiger partial charge in [-0.3, -0.25) is 14.7 Å². The van der Waals surface area contributed by atoms with Gasteiger partial charge in [-0.1, -0.05) is 41.9 Å². The van der Waals surface area contributed by atoms with E-state index in [1.54, 1.807) is 6.20 Å². The molecule has 7 heteroatoms. The topological polar surface area (TPSA) is 61.4 Å². The molecule has 1 aliphatic rings. The number of carbonyl (C=O) groups excluding carboxylic acids is 1. The number of hydrogen-bond acceptors (Lipinski definition) is 5. The lowest BCUT2D eigenvalue weighted by Gasteiger charge is -2.36. The van der Waals surface area contributed by atoms with Crippen molar-refractivity contribution in [3.8, 4) is 11.4 Å². The van der Waals surface area contributed by atoms with Gasteiger partial charge in [0.25, 0.3) is 5.91 Å². The van der Waals surface area contributed by atoms with E-state index in [0.717, 1.165) is 54.3 Å². The van der Waals surface area contributed by atoms with E-state index in [-0.39, 0.29) is 5.91 Å². The van der Waals surface area contributed by atoms with E-state index in [1.807, 2.05) is 60.7 Å². The van der Waals surface area contributed by atoms with E-state index in [4.69, 9.17) is 16.6 Å². The van der Waals surface area contributed by atoms with Crippen LogP contribution >= 0.6 is 11.6 Å². The standard InChI is InChI=1S/C28H28ClN5O/c1-20-9-10-21(29)18-27(20)34-16-14-33(15-17-34)13-12-31-28(35)23-19-26(25-8-4-5-11-30-25)32-24-7-3-2-6-22(23)24/h2-11,18-19H,12-17H2,1H3,(H,31,35). The van der Waals surface area contributed by atoms with Gasteiger partial charge < -0.3 is 10.2 Å². The van der Waals surface area contributed by atoms with Crippen LogP contribution in [0.4, 0.5) is 5.69 Å². The molecule has 0 bridgehead atoms. The summed E-state index contributed by atoms with van der Waals surface area (Å²) in [6.45, 7) is 7.30. The van der Waals surface area contributed by atoms with Crippen LogP contribution in [0.25, 0.3) is 22.3 Å². The van der Waals surface area contributed by atoms with Crippen molar-refractivity contribution in [2.75, 3.05) is 44.2 Å². The van der Waals surface area contributed by atoms with E-state index in [9.17, 15) is 4.79 Å². The fourth-order valence-electron chi connectivity index (χ4n) is 4.57. The van der Waals surface area contributed by atoms with Crippen molar-refractivity contribution in [1.82, 2.24) is 20.2 Å². The first kappa shape index (κ1) is 23.3. The third-order valence-electron chi connectivity index (χ3n) is 6.49. The molecule has 35 heavy (non-hydrogen) atoms. The second-order valence-electron chi connectivity index (χ2n) is 8.80. The van der Waals surface area contributed by atoms with Gasteiger partial charge in [-0.15, -0.1) is 0 Å². The summed E-state index contributed by atoms with van der Waals surface area (Å²) in [6, 6.07) is 21.3. The minimum Gasteiger partial charge on any atom is -0.369 e. The Bertz CT molecular complexity index is 1340. The predicted molar refractivity (Wildman–Crippen MR) is 142 cm³/mol. The number of para-hydroxylation sites is 1. The van der Waals surface area contributed by atoms with Crippen LogP contribution < -0.4 is 10.2 Å². The van der Waals surface area contributed by atoms with Crippen LogP contribution in [0.15, 0.2) is 72.9 Å². The van der Waals surface area contributed by atoms with Gasteiger partial charge in [-0.05, 0) is 48.9 Å². The number of anilines is 1. The molecule has 1 N–H and O–H groups in total. The molecule has 2 aromatic carbocycles. The number of amides is 1. The van der Waals surface area contributed by atoms with Crippen LogP contribution in [0.2, 0.25) is 5.02 Å². The fraction of sp³-hybridized carbons (Fsp3) is 0.250. The van der Waals surface area contributed by atoms with Gasteiger partial charge in [0.05, 0.1) is 22.5 Å². The van der Waals surface area contributed by atoms with Crippen LogP contribution in [0.3, 0.4) is 0 Å². The first-order valence-electron chi connectivity index (χ1n) is 11.9. The summed E-state index contributed by atoms with van der Waals surface area (Å²) in [5, 5.41) is 4.73. The minimum atomic E-state index is -0.0889. The smallest absolute Gasteiger partial charge is 0.252 e. The van der Waals surface area contributed by atoms with Crippen LogP contribution in [-0.2, 0) is 0 Å². The summed E-state index contributed by atoms with van der Waals surface area (Å²) in [5.74, 6) is -0.0889. The van der Waals surface area contributed by atoms with E-state index < -0.39 is 0 Å². The lowest BCUT2D eigenvalue weighted by atomic mass is 10.1. The summed E-state index contributed by atoms with van der Waals surface area (Å²) < 4.78 is 0. The maximum Gasteiger partial charge on any atom is 0.252 e. The molecule has 1 amide bonds. The number of fused-ring (bicyclic) bond motifs is 1. The average molecular weight is 486 g/mol. The first-order chi connectivity index (χ1) is 17.1. The average Bonchev–Trinajstić information content (AvgIpc) is 2.90. The SMILES string of the molecule is Cc1ccc(Cl)cc1N1CCN(CCNC(=O)c2cc(-c3ccccn3)nc3ccccc23)CC1. The number of rotatable bonds is 6. The van der Waals surface area contributed by atoms with Gasteiger partial charge in [-0.25, -0.2) is 4.98 Å². The number of piperazine rings is 1. The highest BCUT2D eigenvalue weighted by Crippen LogP contribution is 2.26. The van der Waals surface area contributed by atoms with Gasteiger partial charge >= 0.3 is 0 Å². The third-order valence-corrected chi connectivity index (χ3v) is 6.72. The number of nitrogens with zero attached hydrogens (tertiary/aromatic N) is 4. The highest BCUT2D eigenvalue weighted by Gasteiger charge is 2.19. The molecule has 1 fully saturated rings. The summed E-state index contributed by atoms with van der Waals surface area (Å²) in [6.07, 6.45) is 1.74. The number of aromatic nitrogens is 2. The van der Waals surface area contributed by atoms with Gasteiger partial charge in [0.2, 0.25) is 0 Å². The second-order valence-corrected chi connectivity index (χ2v) is 9.24. The zero-order chi connectivity index (χ0) is 24.2. The number of carbonyl (C=O) groups is 1. The molecular formula is C28H28ClN5O. The molecule has 0 unspecified atom stereocenters. The number of nitrogens with one attached hydrogen (secondary N) is 1. The Kier molecular flexibility index (Phi) is 6.93. The molecule has 0 spiro atoms. The Balaban J connectivity index is 1.22. The normalized spacial score (nSPS) is 14.3. The highest BCUT2D eigenvalue weighted by molar-refractivity contribution is 6.30. The Morgan fingerprint density at radius 2 is 1.77 bits per heavy atom. The Hall–Kier alpha value is -3.48. The largest absolute Gasteiger partial charge is 0.369 e. The molecule has 0 aliphatic carbocycles. The van der Waals surface area contributed by atoms with E-state index in [1.165, 1.54) is 11.3 Å². The number of pyridine rings is 2. The molecule has 0 atom stereocenters. The maximum atomic E-state index is 13.2. The van der Waals surface area contributed by atoms with Crippen molar-refractivity contribution >= 4 is 34.1 Å². The molecule has 2 aromatic heterocycles. The van der Waals surface area contributed by atoms with Gasteiger partial charge in [0.15, 0.2) is 0 Å². The van der Waals surface area contributed by atoms with Crippen molar-refractivity contribution in [2.45, 2.75) is 6.92 Å². The van der Waals surface area contributed by atoms with E-state index >= 15 is 0 Å². The van der Waals surface area contributed by atoms with Crippen molar-refractivity contribution in [2.24, 2.45) is 0 Å². The third kappa shape index (κ3) is 5.29. The Morgan fingerprint density at radius 1 is 0.971 bits per heavy atom. The van der Waals surface area contributed by atoms with Crippen molar-refractivity contribution in [1.29, 1.82) is 0 Å². The molecule has 1 saturated heterocycles. The van der Waals surface area contributed by atoms with Crippen molar-refractivity contribution < 1.29 is 4.79 Å². The molecule has 4 aromatic rings. The molecule has 1 aliphatic heterocycles. The lowest BCUT2D eigenvalue weighted by molar-refractivity contribution is 0.0949. The quantitative estimate of drug-likeness (QED) is 0.424. The molecule has 5 rings (SSSR count). The lowest BCUT2D eigenvalue weighted by Crippen LogP contribution is -2.48. The summed E-state index contributed by atoms with van der Waals surface area (Å²) in [7, 11) is 0. The van der Waals surface area contributed by atoms with Gasteiger partial charge in [0, 0.05) is 61.6 Å². The van der Waals surface area contributed by atoms with Crippen LogP contribution in [0.5, 0.6) is 0 Å². The van der Waals surface area contributed by atoms with Crippen molar-refractivity contribution in [3.05, 3.63) is 89.1 Å². The molecule has 0 saturated carbocycles.